The second-order valence-corrected chi connectivity index (χ2v) is 6.72. The van der Waals surface area contributed by atoms with E-state index in [1.165, 1.54) is 17.5 Å². The van der Waals surface area contributed by atoms with Crippen molar-refractivity contribution in [1.82, 2.24) is 10.3 Å². The lowest BCUT2D eigenvalue weighted by Gasteiger charge is -2.07. The van der Waals surface area contributed by atoms with Crippen LogP contribution in [0, 0.1) is 0 Å². The van der Waals surface area contributed by atoms with Gasteiger partial charge in [-0.25, -0.2) is 4.98 Å². The highest BCUT2D eigenvalue weighted by atomic mass is 32.1. The lowest BCUT2D eigenvalue weighted by Crippen LogP contribution is -2.25. The number of ether oxygens (including phenoxy) is 1. The minimum absolute atomic E-state index is 0.175. The number of amides is 1. The van der Waals surface area contributed by atoms with Crippen molar-refractivity contribution in [3.8, 4) is 10.6 Å². The maximum absolute atomic E-state index is 12.8. The van der Waals surface area contributed by atoms with E-state index in [9.17, 15) is 18.0 Å². The molecule has 2 aromatic heterocycles. The number of hydrogen-bond acceptors (Lipinski definition) is 5. The molecule has 1 aromatic carbocycles. The summed E-state index contributed by atoms with van der Waals surface area (Å²) in [4.78, 5) is 16.3. The van der Waals surface area contributed by atoms with Crippen molar-refractivity contribution in [2.24, 2.45) is 0 Å². The van der Waals surface area contributed by atoms with Crippen LogP contribution in [0.3, 0.4) is 0 Å². The molecule has 0 aliphatic carbocycles. The summed E-state index contributed by atoms with van der Waals surface area (Å²) in [5, 5.41) is 4.60. The predicted octanol–water partition coefficient (Wildman–Crippen LogP) is 4.76. The third-order valence-electron chi connectivity index (χ3n) is 3.75. The van der Waals surface area contributed by atoms with E-state index < -0.39 is 11.7 Å². The van der Waals surface area contributed by atoms with Crippen LogP contribution in [0.5, 0.6) is 0 Å². The van der Waals surface area contributed by atoms with Crippen LogP contribution >= 0.6 is 11.3 Å². The molecule has 9 heteroatoms. The zero-order valence-electron chi connectivity index (χ0n) is 14.7. The summed E-state index contributed by atoms with van der Waals surface area (Å²) in [6, 6.07) is 8.47. The molecule has 3 rings (SSSR count). The fraction of sp³-hybridized carbons (Fsp3) is 0.263. The van der Waals surface area contributed by atoms with Crippen molar-refractivity contribution >= 4 is 17.2 Å². The molecule has 2 heterocycles. The van der Waals surface area contributed by atoms with Crippen molar-refractivity contribution in [2.45, 2.75) is 19.2 Å². The fourth-order valence-corrected chi connectivity index (χ4v) is 3.17. The highest BCUT2D eigenvalue weighted by Crippen LogP contribution is 2.33. The molecule has 5 nitrogen and oxygen atoms in total. The zero-order valence-corrected chi connectivity index (χ0v) is 15.5. The van der Waals surface area contributed by atoms with E-state index in [0.717, 1.165) is 29.2 Å². The number of hydrogen-bond donors (Lipinski definition) is 1. The van der Waals surface area contributed by atoms with Gasteiger partial charge in [0.2, 0.25) is 0 Å². The molecule has 0 radical (unpaired) electrons. The average Bonchev–Trinajstić information content (AvgIpc) is 3.35. The molecule has 0 saturated carbocycles. The van der Waals surface area contributed by atoms with Crippen molar-refractivity contribution in [2.75, 3.05) is 13.2 Å². The number of nitrogens with one attached hydrogen (secondary N) is 1. The van der Waals surface area contributed by atoms with Gasteiger partial charge in [-0.1, -0.05) is 12.1 Å². The maximum atomic E-state index is 12.8. The molecule has 3 aromatic rings. The van der Waals surface area contributed by atoms with Crippen LogP contribution in [0.1, 0.15) is 28.2 Å². The van der Waals surface area contributed by atoms with Gasteiger partial charge in [0.1, 0.15) is 23.1 Å². The molecule has 1 N–H and O–H groups in total. The lowest BCUT2D eigenvalue weighted by molar-refractivity contribution is -0.137. The van der Waals surface area contributed by atoms with Crippen LogP contribution in [-0.2, 0) is 17.5 Å². The molecule has 0 saturated heterocycles. The van der Waals surface area contributed by atoms with E-state index in [1.54, 1.807) is 12.3 Å². The minimum Gasteiger partial charge on any atom is -0.467 e. The molecule has 0 atom stereocenters. The zero-order chi connectivity index (χ0) is 20.0. The Balaban J connectivity index is 1.47. The predicted molar refractivity (Wildman–Crippen MR) is 97.9 cm³/mol. The second-order valence-electron chi connectivity index (χ2n) is 5.86. The van der Waals surface area contributed by atoms with Gasteiger partial charge in [-0.15, -0.1) is 11.3 Å². The number of benzene rings is 1. The third kappa shape index (κ3) is 5.43. The van der Waals surface area contributed by atoms with E-state index in [0.29, 0.717) is 36.8 Å². The number of carbonyl (C=O) groups is 1. The van der Waals surface area contributed by atoms with Crippen molar-refractivity contribution < 1.29 is 27.1 Å². The molecule has 0 unspecified atom stereocenters. The molecule has 1 amide bonds. The number of alkyl halides is 3. The summed E-state index contributed by atoms with van der Waals surface area (Å²) in [6.45, 7) is 1.22. The summed E-state index contributed by atoms with van der Waals surface area (Å²) in [5.41, 5.74) is -0.250. The summed E-state index contributed by atoms with van der Waals surface area (Å²) in [5.74, 6) is 0.356. The van der Waals surface area contributed by atoms with E-state index >= 15 is 0 Å². The van der Waals surface area contributed by atoms with Gasteiger partial charge >= 0.3 is 6.18 Å². The molecule has 0 bridgehead atoms. The first kappa shape index (κ1) is 20.1. The van der Waals surface area contributed by atoms with E-state index in [1.807, 2.05) is 6.07 Å². The summed E-state index contributed by atoms with van der Waals surface area (Å²) < 4.78 is 49.0. The SMILES string of the molecule is O=C(NCCCOCc1ccco1)c1csc(-c2cccc(C(F)(F)F)c2)n1. The number of aromatic nitrogens is 1. The van der Waals surface area contributed by atoms with E-state index in [4.69, 9.17) is 9.15 Å². The van der Waals surface area contributed by atoms with Gasteiger partial charge < -0.3 is 14.5 Å². The molecular weight excluding hydrogens is 393 g/mol. The van der Waals surface area contributed by atoms with Crippen LogP contribution in [0.4, 0.5) is 13.2 Å². The second kappa shape index (κ2) is 9.03. The molecule has 0 spiro atoms. The maximum Gasteiger partial charge on any atom is 0.416 e. The smallest absolute Gasteiger partial charge is 0.416 e. The highest BCUT2D eigenvalue weighted by molar-refractivity contribution is 7.13. The Kier molecular flexibility index (Phi) is 6.48. The van der Waals surface area contributed by atoms with Crippen LogP contribution in [-0.4, -0.2) is 24.0 Å². The van der Waals surface area contributed by atoms with Gasteiger partial charge in [0.05, 0.1) is 11.8 Å². The number of rotatable bonds is 8. The van der Waals surface area contributed by atoms with Gasteiger partial charge in [0.25, 0.3) is 5.91 Å². The topological polar surface area (TPSA) is 64.4 Å². The molecule has 148 valence electrons. The Bertz CT molecular complexity index is 907. The summed E-state index contributed by atoms with van der Waals surface area (Å²) in [7, 11) is 0. The Morgan fingerprint density at radius 3 is 2.86 bits per heavy atom. The molecular formula is C19H17F3N2O3S. The monoisotopic (exact) mass is 410 g/mol. The first-order valence-corrected chi connectivity index (χ1v) is 9.33. The largest absolute Gasteiger partial charge is 0.467 e. The van der Waals surface area contributed by atoms with Crippen LogP contribution in [0.25, 0.3) is 10.6 Å². The molecule has 0 fully saturated rings. The van der Waals surface area contributed by atoms with Crippen molar-refractivity contribution in [3.63, 3.8) is 0 Å². The molecule has 28 heavy (non-hydrogen) atoms. The summed E-state index contributed by atoms with van der Waals surface area (Å²) >= 11 is 1.12. The normalized spacial score (nSPS) is 11.5. The van der Waals surface area contributed by atoms with Crippen LogP contribution in [0.15, 0.2) is 52.5 Å². The fourth-order valence-electron chi connectivity index (χ4n) is 2.37. The van der Waals surface area contributed by atoms with Gasteiger partial charge in [0.15, 0.2) is 0 Å². The van der Waals surface area contributed by atoms with Gasteiger partial charge in [-0.05, 0) is 30.7 Å². The highest BCUT2D eigenvalue weighted by Gasteiger charge is 2.30. The van der Waals surface area contributed by atoms with Gasteiger partial charge in [-0.3, -0.25) is 4.79 Å². The number of furan rings is 1. The summed E-state index contributed by atoms with van der Waals surface area (Å²) in [6.07, 6.45) is -2.25. The first-order chi connectivity index (χ1) is 13.4. The van der Waals surface area contributed by atoms with E-state index in [-0.39, 0.29) is 11.6 Å². The Labute approximate surface area is 163 Å². The van der Waals surface area contributed by atoms with E-state index in [2.05, 4.69) is 10.3 Å². The average molecular weight is 410 g/mol. The minimum atomic E-state index is -4.42. The quantitative estimate of drug-likeness (QED) is 0.544. The van der Waals surface area contributed by atoms with Crippen molar-refractivity contribution in [3.05, 3.63) is 65.1 Å². The Hall–Kier alpha value is -2.65. The number of halogens is 3. The Morgan fingerprint density at radius 1 is 1.25 bits per heavy atom. The van der Waals surface area contributed by atoms with Crippen LogP contribution < -0.4 is 5.32 Å². The Morgan fingerprint density at radius 2 is 2.11 bits per heavy atom. The van der Waals surface area contributed by atoms with Gasteiger partial charge in [0, 0.05) is 24.1 Å². The standard InChI is InChI=1S/C19H17F3N2O3S/c20-19(21,22)14-5-1-4-13(10-14)18-24-16(12-28-18)17(25)23-7-3-8-26-11-15-6-2-9-27-15/h1-2,4-6,9-10,12H,3,7-8,11H2,(H,23,25). The number of nitrogens with zero attached hydrogens (tertiary/aromatic N) is 1. The molecule has 0 aliphatic heterocycles. The number of carbonyl (C=O) groups excluding carboxylic acids is 1. The van der Waals surface area contributed by atoms with Crippen molar-refractivity contribution in [1.29, 1.82) is 0 Å². The number of thiazole rings is 1. The van der Waals surface area contributed by atoms with Crippen LogP contribution in [0.2, 0.25) is 0 Å². The lowest BCUT2D eigenvalue weighted by atomic mass is 10.1. The third-order valence-corrected chi connectivity index (χ3v) is 4.64. The molecule has 0 aliphatic rings. The van der Waals surface area contributed by atoms with Gasteiger partial charge in [-0.2, -0.15) is 13.2 Å². The first-order valence-electron chi connectivity index (χ1n) is 8.45.